The van der Waals surface area contributed by atoms with E-state index < -0.39 is 30.3 Å². The molecule has 0 saturated carbocycles. The first-order valence-electron chi connectivity index (χ1n) is 11.4. The molecular weight excluding hydrogens is 496 g/mol. The molecule has 1 atom stereocenters. The van der Waals surface area contributed by atoms with Gasteiger partial charge >= 0.3 is 6.18 Å². The Morgan fingerprint density at radius 3 is 2.62 bits per heavy atom. The number of alkyl halides is 3. The van der Waals surface area contributed by atoms with Gasteiger partial charge in [0.1, 0.15) is 17.7 Å². The van der Waals surface area contributed by atoms with Crippen LogP contribution in [0.5, 0.6) is 5.75 Å². The van der Waals surface area contributed by atoms with E-state index in [0.717, 1.165) is 23.3 Å². The highest BCUT2D eigenvalue weighted by Crippen LogP contribution is 2.38. The first kappa shape index (κ1) is 26.6. The number of benzene rings is 1. The Bertz CT molecular complexity index is 1270. The summed E-state index contributed by atoms with van der Waals surface area (Å²) in [6.07, 6.45) is -4.00. The highest BCUT2D eigenvalue weighted by atomic mass is 19.4. The smallest absolute Gasteiger partial charge is 0.419 e. The Morgan fingerprint density at radius 2 is 1.97 bits per heavy atom. The van der Waals surface area contributed by atoms with Gasteiger partial charge in [-0.2, -0.15) is 13.2 Å². The maximum atomic E-state index is 14.8. The average molecular weight is 522 g/mol. The van der Waals surface area contributed by atoms with Gasteiger partial charge in [-0.05, 0) is 36.2 Å². The Morgan fingerprint density at radius 1 is 1.19 bits per heavy atom. The van der Waals surface area contributed by atoms with Crippen molar-refractivity contribution in [1.29, 1.82) is 0 Å². The Labute approximate surface area is 210 Å². The van der Waals surface area contributed by atoms with Gasteiger partial charge in [0.05, 0.1) is 31.6 Å². The van der Waals surface area contributed by atoms with Crippen LogP contribution in [0.1, 0.15) is 34.1 Å². The van der Waals surface area contributed by atoms with Crippen LogP contribution in [0.3, 0.4) is 0 Å². The number of nitrogens with one attached hydrogen (secondary N) is 1. The highest BCUT2D eigenvalue weighted by Gasteiger charge is 2.34. The number of rotatable bonds is 8. The lowest BCUT2D eigenvalue weighted by Gasteiger charge is -2.31. The molecule has 8 nitrogen and oxygen atoms in total. The minimum atomic E-state index is -4.55. The maximum Gasteiger partial charge on any atom is 0.419 e. The molecule has 0 unspecified atom stereocenters. The average Bonchev–Trinajstić information content (AvgIpc) is 2.87. The van der Waals surface area contributed by atoms with Gasteiger partial charge in [0.15, 0.2) is 11.6 Å². The van der Waals surface area contributed by atoms with Crippen LogP contribution in [0.2, 0.25) is 0 Å². The lowest BCUT2D eigenvalue weighted by Crippen LogP contribution is -2.32. The van der Waals surface area contributed by atoms with Gasteiger partial charge in [0.25, 0.3) is 0 Å². The summed E-state index contributed by atoms with van der Waals surface area (Å²) < 4.78 is 64.8. The van der Waals surface area contributed by atoms with Crippen molar-refractivity contribution in [3.8, 4) is 5.75 Å². The molecule has 37 heavy (non-hydrogen) atoms. The van der Waals surface area contributed by atoms with Gasteiger partial charge in [-0.15, -0.1) is 0 Å². The quantitative estimate of drug-likeness (QED) is 0.380. The number of aliphatic hydroxyl groups is 2. The number of ether oxygens (including phenoxy) is 2. The maximum absolute atomic E-state index is 14.8. The van der Waals surface area contributed by atoms with Crippen molar-refractivity contribution in [2.45, 2.75) is 31.9 Å². The molecule has 2 aromatic heterocycles. The first-order chi connectivity index (χ1) is 17.6. The van der Waals surface area contributed by atoms with Crippen LogP contribution >= 0.6 is 0 Å². The van der Waals surface area contributed by atoms with E-state index in [1.54, 1.807) is 4.90 Å². The summed E-state index contributed by atoms with van der Waals surface area (Å²) in [6.45, 7) is 0.340. The minimum Gasteiger partial charge on any atom is -0.496 e. The minimum absolute atomic E-state index is 0.103. The molecular formula is C25H26F4N4O4. The number of methoxy groups -OCH3 is 2. The van der Waals surface area contributed by atoms with E-state index in [4.69, 9.17) is 14.6 Å². The summed E-state index contributed by atoms with van der Waals surface area (Å²) >= 11 is 0. The third kappa shape index (κ3) is 5.76. The number of pyridine rings is 2. The Balaban J connectivity index is 1.65. The lowest BCUT2D eigenvalue weighted by molar-refractivity contribution is -0.138. The Hall–Kier alpha value is -3.48. The predicted octanol–water partition coefficient (Wildman–Crippen LogP) is 4.12. The molecule has 12 heteroatoms. The normalized spacial score (nSPS) is 14.3. The molecule has 0 aliphatic carbocycles. The fourth-order valence-electron chi connectivity index (χ4n) is 4.25. The van der Waals surface area contributed by atoms with E-state index in [9.17, 15) is 22.7 Å². The fraction of sp³-hybridized carbons (Fsp3) is 0.360. The van der Waals surface area contributed by atoms with E-state index in [1.165, 1.54) is 32.5 Å². The molecule has 4 rings (SSSR count). The first-order valence-corrected chi connectivity index (χ1v) is 11.4. The third-order valence-corrected chi connectivity index (χ3v) is 6.02. The number of aromatic nitrogens is 2. The number of halogens is 4. The summed E-state index contributed by atoms with van der Waals surface area (Å²) in [5.41, 5.74) is 1.90. The molecule has 0 fully saturated rings. The van der Waals surface area contributed by atoms with Crippen LogP contribution in [0, 0.1) is 5.82 Å². The molecule has 1 aliphatic rings. The largest absolute Gasteiger partial charge is 0.496 e. The molecule has 1 aliphatic heterocycles. The van der Waals surface area contributed by atoms with Crippen molar-refractivity contribution in [3.63, 3.8) is 0 Å². The molecule has 0 amide bonds. The summed E-state index contributed by atoms with van der Waals surface area (Å²) in [5.74, 6) is -0.385. The topological polar surface area (TPSA) is 100.0 Å². The Kier molecular flexibility index (Phi) is 7.81. The number of aliphatic hydroxyl groups excluding tert-OH is 2. The van der Waals surface area contributed by atoms with Crippen LogP contribution < -0.4 is 15.0 Å². The van der Waals surface area contributed by atoms with Crippen molar-refractivity contribution in [3.05, 3.63) is 70.3 Å². The van der Waals surface area contributed by atoms with E-state index in [0.29, 0.717) is 36.7 Å². The number of nitrogens with zero attached hydrogens (tertiary/aromatic N) is 3. The van der Waals surface area contributed by atoms with Gasteiger partial charge in [-0.3, -0.25) is 0 Å². The van der Waals surface area contributed by atoms with Crippen molar-refractivity contribution in [2.24, 2.45) is 0 Å². The number of anilines is 3. The van der Waals surface area contributed by atoms with Gasteiger partial charge in [0.2, 0.25) is 0 Å². The molecule has 0 spiro atoms. The van der Waals surface area contributed by atoms with Crippen LogP contribution in [0.15, 0.2) is 36.5 Å². The fourth-order valence-corrected chi connectivity index (χ4v) is 4.25. The standard InChI is InChI=1S/C25H26F4N4O4/c1-36-13-17-7-15-11-33(24-20(26)8-14(10-30-24)21(35)12-34)6-5-18(15)23(32-17)31-16-3-4-19(25(27,28)29)22(9-16)37-2/h3-4,7-10,21,34-35H,5-6,11-13H2,1-2H3,(H,31,32)/t21-/m1/s1. The van der Waals surface area contributed by atoms with Crippen molar-refractivity contribution in [2.75, 3.05) is 37.6 Å². The molecule has 0 bridgehead atoms. The zero-order valence-corrected chi connectivity index (χ0v) is 20.1. The molecule has 3 aromatic rings. The molecule has 0 saturated heterocycles. The van der Waals surface area contributed by atoms with Crippen LogP contribution in [0.25, 0.3) is 0 Å². The van der Waals surface area contributed by atoms with Gasteiger partial charge < -0.3 is 29.9 Å². The van der Waals surface area contributed by atoms with Gasteiger partial charge in [0, 0.05) is 49.3 Å². The van der Waals surface area contributed by atoms with E-state index in [2.05, 4.69) is 15.3 Å². The van der Waals surface area contributed by atoms with Crippen molar-refractivity contribution < 1.29 is 37.2 Å². The summed E-state index contributed by atoms with van der Waals surface area (Å²) in [5, 5.41) is 21.9. The van der Waals surface area contributed by atoms with Crippen molar-refractivity contribution in [1.82, 2.24) is 9.97 Å². The zero-order chi connectivity index (χ0) is 26.7. The second-order valence-electron chi connectivity index (χ2n) is 8.51. The summed E-state index contributed by atoms with van der Waals surface area (Å²) in [7, 11) is 2.69. The lowest BCUT2D eigenvalue weighted by atomic mass is 9.99. The molecule has 198 valence electrons. The zero-order valence-electron chi connectivity index (χ0n) is 20.1. The SMILES string of the molecule is COCc1cc2c(c(Nc3ccc(C(F)(F)F)c(OC)c3)n1)CCN(c1ncc([C@H](O)CO)cc1F)C2. The van der Waals surface area contributed by atoms with E-state index in [-0.39, 0.29) is 23.7 Å². The highest BCUT2D eigenvalue weighted by molar-refractivity contribution is 5.65. The molecule has 3 N–H and O–H groups in total. The number of fused-ring (bicyclic) bond motifs is 1. The van der Waals surface area contributed by atoms with Gasteiger partial charge in [-0.1, -0.05) is 0 Å². The van der Waals surface area contributed by atoms with Crippen molar-refractivity contribution >= 4 is 17.3 Å². The second-order valence-corrected chi connectivity index (χ2v) is 8.51. The number of hydrogen-bond acceptors (Lipinski definition) is 8. The van der Waals surface area contributed by atoms with E-state index >= 15 is 0 Å². The predicted molar refractivity (Wildman–Crippen MR) is 127 cm³/mol. The van der Waals surface area contributed by atoms with Crippen LogP contribution in [-0.2, 0) is 30.5 Å². The molecule has 0 radical (unpaired) electrons. The van der Waals surface area contributed by atoms with Crippen LogP contribution in [-0.4, -0.2) is 47.6 Å². The van der Waals surface area contributed by atoms with E-state index in [1.807, 2.05) is 6.07 Å². The summed E-state index contributed by atoms with van der Waals surface area (Å²) in [4.78, 5) is 10.5. The molecule has 3 heterocycles. The monoisotopic (exact) mass is 522 g/mol. The number of hydrogen-bond donors (Lipinski definition) is 3. The van der Waals surface area contributed by atoms with Crippen LogP contribution in [0.4, 0.5) is 34.9 Å². The summed E-state index contributed by atoms with van der Waals surface area (Å²) in [6, 6.07) is 6.49. The molecule has 1 aromatic carbocycles. The third-order valence-electron chi connectivity index (χ3n) is 6.02. The second kappa shape index (κ2) is 10.9. The van der Waals surface area contributed by atoms with Gasteiger partial charge in [-0.25, -0.2) is 14.4 Å².